The molecule has 21 heavy (non-hydrogen) atoms. The van der Waals surface area contributed by atoms with E-state index in [4.69, 9.17) is 11.6 Å². The zero-order valence-electron chi connectivity index (χ0n) is 11.7. The Morgan fingerprint density at radius 3 is 2.67 bits per heavy atom. The third kappa shape index (κ3) is 6.23. The van der Waals surface area contributed by atoms with Crippen LogP contribution in [-0.2, 0) is 11.2 Å². The Hall–Kier alpha value is -1.45. The number of thioether (sulfide) groups is 1. The largest absolute Gasteiger partial charge is 0.355 e. The number of aryl methyl sites for hydroxylation is 1. The first-order chi connectivity index (χ1) is 10.2. The van der Waals surface area contributed by atoms with Crippen molar-refractivity contribution in [3.8, 4) is 0 Å². The van der Waals surface area contributed by atoms with E-state index in [2.05, 4.69) is 17.4 Å². The van der Waals surface area contributed by atoms with Crippen molar-refractivity contribution in [2.24, 2.45) is 0 Å². The summed E-state index contributed by atoms with van der Waals surface area (Å²) >= 11 is 7.66. The summed E-state index contributed by atoms with van der Waals surface area (Å²) < 4.78 is 0. The number of carbonyl (C=O) groups excluding carboxylic acids is 1. The number of hydrogen-bond donors (Lipinski definition) is 1. The second-order valence-electron chi connectivity index (χ2n) is 4.64. The fourth-order valence-electron chi connectivity index (χ4n) is 1.91. The molecule has 0 aromatic heterocycles. The van der Waals surface area contributed by atoms with Crippen molar-refractivity contribution < 1.29 is 4.79 Å². The fraction of sp³-hybridized carbons (Fsp3) is 0.235. The van der Waals surface area contributed by atoms with Crippen molar-refractivity contribution in [2.45, 2.75) is 17.7 Å². The molecule has 0 saturated heterocycles. The summed E-state index contributed by atoms with van der Waals surface area (Å²) in [6.07, 6.45) is 1.22. The van der Waals surface area contributed by atoms with Crippen LogP contribution in [0, 0.1) is 0 Å². The number of hydrogen-bond acceptors (Lipinski definition) is 2. The van der Waals surface area contributed by atoms with Crippen molar-refractivity contribution in [3.05, 3.63) is 65.2 Å². The number of benzene rings is 2. The lowest BCUT2D eigenvalue weighted by molar-refractivity contribution is -0.120. The van der Waals surface area contributed by atoms with Gasteiger partial charge in [0.15, 0.2) is 0 Å². The molecule has 2 aromatic carbocycles. The quantitative estimate of drug-likeness (QED) is 0.612. The number of carbonyl (C=O) groups is 1. The molecule has 0 unspecified atom stereocenters. The second-order valence-corrected chi connectivity index (χ2v) is 6.25. The van der Waals surface area contributed by atoms with Gasteiger partial charge in [0, 0.05) is 28.6 Å². The van der Waals surface area contributed by atoms with E-state index in [0.717, 1.165) is 17.7 Å². The molecule has 0 saturated carbocycles. The van der Waals surface area contributed by atoms with Crippen LogP contribution in [0.2, 0.25) is 5.02 Å². The van der Waals surface area contributed by atoms with Gasteiger partial charge in [-0.1, -0.05) is 41.9 Å². The Kier molecular flexibility index (Phi) is 6.64. The Morgan fingerprint density at radius 1 is 1.10 bits per heavy atom. The molecule has 0 bridgehead atoms. The number of amides is 1. The molecular weight excluding hydrogens is 302 g/mol. The first kappa shape index (κ1) is 15.9. The van der Waals surface area contributed by atoms with Gasteiger partial charge in [-0.05, 0) is 36.2 Å². The topological polar surface area (TPSA) is 29.1 Å². The van der Waals surface area contributed by atoms with Crippen LogP contribution < -0.4 is 5.32 Å². The highest BCUT2D eigenvalue weighted by Gasteiger charge is 2.02. The van der Waals surface area contributed by atoms with Crippen molar-refractivity contribution >= 4 is 29.3 Å². The van der Waals surface area contributed by atoms with Crippen LogP contribution in [0.25, 0.3) is 0 Å². The van der Waals surface area contributed by atoms with Crippen LogP contribution in [0.4, 0.5) is 0 Å². The van der Waals surface area contributed by atoms with Crippen molar-refractivity contribution in [3.63, 3.8) is 0 Å². The molecule has 0 atom stereocenters. The van der Waals surface area contributed by atoms with Gasteiger partial charge in [-0.25, -0.2) is 0 Å². The lowest BCUT2D eigenvalue weighted by Gasteiger charge is -2.06. The van der Waals surface area contributed by atoms with Gasteiger partial charge in [0.2, 0.25) is 5.91 Å². The van der Waals surface area contributed by atoms with Gasteiger partial charge in [-0.3, -0.25) is 4.79 Å². The predicted molar refractivity (Wildman–Crippen MR) is 89.9 cm³/mol. The SMILES string of the molecule is O=C(CCc1cccc(Cl)c1)NCCSc1ccccc1. The minimum Gasteiger partial charge on any atom is -0.355 e. The summed E-state index contributed by atoms with van der Waals surface area (Å²) in [4.78, 5) is 13.0. The van der Waals surface area contributed by atoms with E-state index >= 15 is 0 Å². The summed E-state index contributed by atoms with van der Waals surface area (Å²) in [5, 5.41) is 3.66. The molecule has 2 aromatic rings. The van der Waals surface area contributed by atoms with Gasteiger partial charge >= 0.3 is 0 Å². The molecule has 0 aliphatic rings. The maximum Gasteiger partial charge on any atom is 0.220 e. The lowest BCUT2D eigenvalue weighted by atomic mass is 10.1. The van der Waals surface area contributed by atoms with E-state index in [1.807, 2.05) is 42.5 Å². The van der Waals surface area contributed by atoms with E-state index in [-0.39, 0.29) is 5.91 Å². The molecule has 110 valence electrons. The highest BCUT2D eigenvalue weighted by atomic mass is 35.5. The first-order valence-corrected chi connectivity index (χ1v) is 8.29. The molecule has 0 fully saturated rings. The monoisotopic (exact) mass is 319 g/mol. The van der Waals surface area contributed by atoms with Crippen LogP contribution >= 0.6 is 23.4 Å². The Morgan fingerprint density at radius 2 is 1.90 bits per heavy atom. The minimum absolute atomic E-state index is 0.0867. The van der Waals surface area contributed by atoms with Crippen molar-refractivity contribution in [2.75, 3.05) is 12.3 Å². The molecule has 0 aliphatic carbocycles. The van der Waals surface area contributed by atoms with E-state index in [1.54, 1.807) is 11.8 Å². The maximum absolute atomic E-state index is 11.8. The van der Waals surface area contributed by atoms with Gasteiger partial charge in [0.25, 0.3) is 0 Å². The molecule has 0 spiro atoms. The normalized spacial score (nSPS) is 10.3. The summed E-state index contributed by atoms with van der Waals surface area (Å²) in [7, 11) is 0. The van der Waals surface area contributed by atoms with Crippen molar-refractivity contribution in [1.82, 2.24) is 5.32 Å². The average molecular weight is 320 g/mol. The molecule has 0 heterocycles. The molecule has 2 rings (SSSR count). The summed E-state index contributed by atoms with van der Waals surface area (Å²) in [5.41, 5.74) is 1.09. The Bertz CT molecular complexity index is 574. The molecular formula is C17H18ClNOS. The average Bonchev–Trinajstić information content (AvgIpc) is 2.51. The van der Waals surface area contributed by atoms with Gasteiger partial charge in [0.05, 0.1) is 0 Å². The molecule has 0 radical (unpaired) electrons. The van der Waals surface area contributed by atoms with Crippen LogP contribution in [0.15, 0.2) is 59.5 Å². The molecule has 1 amide bonds. The fourth-order valence-corrected chi connectivity index (χ4v) is 2.92. The summed E-state index contributed by atoms with van der Waals surface area (Å²) in [5.74, 6) is 0.969. The van der Waals surface area contributed by atoms with E-state index in [1.165, 1.54) is 4.90 Å². The number of halogens is 1. The van der Waals surface area contributed by atoms with Crippen LogP contribution in [0.1, 0.15) is 12.0 Å². The summed E-state index contributed by atoms with van der Waals surface area (Å²) in [6, 6.07) is 17.8. The van der Waals surface area contributed by atoms with Gasteiger partial charge in [0.1, 0.15) is 0 Å². The lowest BCUT2D eigenvalue weighted by Crippen LogP contribution is -2.25. The standard InChI is InChI=1S/C17H18ClNOS/c18-15-6-4-5-14(13-15)9-10-17(20)19-11-12-21-16-7-2-1-3-8-16/h1-8,13H,9-12H2,(H,19,20). The zero-order valence-corrected chi connectivity index (χ0v) is 13.3. The second kappa shape index (κ2) is 8.75. The molecule has 0 aliphatic heterocycles. The highest BCUT2D eigenvalue weighted by Crippen LogP contribution is 2.16. The van der Waals surface area contributed by atoms with Gasteiger partial charge in [-0.15, -0.1) is 11.8 Å². The third-order valence-electron chi connectivity index (χ3n) is 2.97. The van der Waals surface area contributed by atoms with Crippen LogP contribution in [0.3, 0.4) is 0 Å². The molecule has 2 nitrogen and oxygen atoms in total. The van der Waals surface area contributed by atoms with E-state index < -0.39 is 0 Å². The smallest absolute Gasteiger partial charge is 0.220 e. The Labute approximate surface area is 134 Å². The predicted octanol–water partition coefficient (Wildman–Crippen LogP) is 4.18. The van der Waals surface area contributed by atoms with Gasteiger partial charge in [-0.2, -0.15) is 0 Å². The summed E-state index contributed by atoms with van der Waals surface area (Å²) in [6.45, 7) is 0.688. The first-order valence-electron chi connectivity index (χ1n) is 6.93. The third-order valence-corrected chi connectivity index (χ3v) is 4.21. The van der Waals surface area contributed by atoms with E-state index in [9.17, 15) is 4.79 Å². The zero-order chi connectivity index (χ0) is 14.9. The van der Waals surface area contributed by atoms with Gasteiger partial charge < -0.3 is 5.32 Å². The number of nitrogens with one attached hydrogen (secondary N) is 1. The van der Waals surface area contributed by atoms with Crippen LogP contribution in [0.5, 0.6) is 0 Å². The molecule has 1 N–H and O–H groups in total. The maximum atomic E-state index is 11.8. The minimum atomic E-state index is 0.0867. The van der Waals surface area contributed by atoms with E-state index in [0.29, 0.717) is 18.0 Å². The molecule has 4 heteroatoms. The van der Waals surface area contributed by atoms with Crippen LogP contribution in [-0.4, -0.2) is 18.2 Å². The van der Waals surface area contributed by atoms with Crippen molar-refractivity contribution in [1.29, 1.82) is 0 Å². The Balaban J connectivity index is 1.62. The number of rotatable bonds is 7. The highest BCUT2D eigenvalue weighted by molar-refractivity contribution is 7.99.